The quantitative estimate of drug-likeness (QED) is 0.208. The van der Waals surface area contributed by atoms with Crippen molar-refractivity contribution in [3.05, 3.63) is 77.2 Å². The van der Waals surface area contributed by atoms with Crippen molar-refractivity contribution in [1.29, 1.82) is 0 Å². The van der Waals surface area contributed by atoms with E-state index in [2.05, 4.69) is 50.0 Å². The summed E-state index contributed by atoms with van der Waals surface area (Å²) >= 11 is 0. The molecule has 0 saturated carbocycles. The number of hydrogen-bond acceptors (Lipinski definition) is 5. The Morgan fingerprint density at radius 3 is 2.09 bits per heavy atom. The van der Waals surface area contributed by atoms with Crippen molar-refractivity contribution in [2.45, 2.75) is 34.6 Å². The fourth-order valence-electron chi connectivity index (χ4n) is 3.58. The number of aryl methyl sites for hydroxylation is 3. The normalized spacial score (nSPS) is 10.5. The summed E-state index contributed by atoms with van der Waals surface area (Å²) in [5, 5.41) is 8.36. The fraction of sp³-hybridized carbons (Fsp3) is 0.259. The van der Waals surface area contributed by atoms with Gasteiger partial charge in [0.15, 0.2) is 5.78 Å². The van der Waals surface area contributed by atoms with Crippen LogP contribution in [0.3, 0.4) is 0 Å². The number of rotatable bonds is 5. The van der Waals surface area contributed by atoms with E-state index in [0.717, 1.165) is 28.3 Å². The van der Waals surface area contributed by atoms with Crippen LogP contribution in [0.25, 0.3) is 22.4 Å². The minimum absolute atomic E-state index is 0. The number of hydrogen-bond donors (Lipinski definition) is 1. The Bertz CT molecular complexity index is 1110. The molecule has 1 radical (unpaired) electrons. The second-order valence-corrected chi connectivity index (χ2v) is 7.58. The molecule has 0 saturated heterocycles. The standard InChI is InChI=1S/C22H22NO2.C5H8O2.Ir/c1-14-10-15(2)22(16(3)11-14)20-12-17(24-4)6-7-19(20)21-13-18(25-5)8-9-23-21;1-4(6)3-5(2)7;/h6,8-13H,1-5H3;3,6H,1-2H3;/q-1;;/b;4-3-;. The van der Waals surface area contributed by atoms with Gasteiger partial charge in [-0.2, -0.15) is 0 Å². The van der Waals surface area contributed by atoms with Crippen LogP contribution in [-0.2, 0) is 24.9 Å². The van der Waals surface area contributed by atoms with Gasteiger partial charge in [0, 0.05) is 38.1 Å². The number of ether oxygens (including phenoxy) is 2. The molecule has 3 rings (SSSR count). The summed E-state index contributed by atoms with van der Waals surface area (Å²) in [6.07, 6.45) is 2.92. The van der Waals surface area contributed by atoms with Crippen LogP contribution in [0.2, 0.25) is 0 Å². The molecule has 0 aliphatic rings. The van der Waals surface area contributed by atoms with Crippen LogP contribution in [0.15, 0.2) is 54.4 Å². The summed E-state index contributed by atoms with van der Waals surface area (Å²) in [7, 11) is 3.33. The third-order valence-electron chi connectivity index (χ3n) is 4.73. The maximum Gasteiger partial charge on any atom is 0.155 e. The largest absolute Gasteiger partial charge is 0.540 e. The van der Waals surface area contributed by atoms with Gasteiger partial charge in [0.1, 0.15) is 5.75 Å². The van der Waals surface area contributed by atoms with Crippen molar-refractivity contribution in [3.8, 4) is 33.9 Å². The van der Waals surface area contributed by atoms with Crippen molar-refractivity contribution in [3.63, 3.8) is 0 Å². The molecular formula is C27H30IrNO4-. The molecule has 33 heavy (non-hydrogen) atoms. The Labute approximate surface area is 209 Å². The van der Waals surface area contributed by atoms with Gasteiger partial charge in [-0.3, -0.25) is 4.79 Å². The van der Waals surface area contributed by atoms with Crippen molar-refractivity contribution in [1.82, 2.24) is 4.98 Å². The van der Waals surface area contributed by atoms with Crippen molar-refractivity contribution in [2.24, 2.45) is 0 Å². The number of ketones is 1. The number of pyridine rings is 1. The van der Waals surface area contributed by atoms with Crippen LogP contribution in [0.4, 0.5) is 0 Å². The molecule has 0 amide bonds. The number of benzene rings is 2. The second-order valence-electron chi connectivity index (χ2n) is 7.58. The number of carbonyl (C=O) groups excluding carboxylic acids is 1. The summed E-state index contributed by atoms with van der Waals surface area (Å²) in [6, 6.07) is 15.4. The topological polar surface area (TPSA) is 68.7 Å². The van der Waals surface area contributed by atoms with Crippen molar-refractivity contribution >= 4 is 5.78 Å². The molecular weight excluding hydrogens is 595 g/mol. The Balaban J connectivity index is 0.000000595. The number of aromatic nitrogens is 1. The first-order valence-electron chi connectivity index (χ1n) is 10.2. The van der Waals surface area contributed by atoms with E-state index < -0.39 is 0 Å². The predicted molar refractivity (Wildman–Crippen MR) is 128 cm³/mol. The minimum Gasteiger partial charge on any atom is -0.540 e. The van der Waals surface area contributed by atoms with Crippen molar-refractivity contribution < 1.29 is 39.5 Å². The van der Waals surface area contributed by atoms with Crippen LogP contribution in [0, 0.1) is 26.8 Å². The Kier molecular flexibility index (Phi) is 11.0. The Morgan fingerprint density at radius 1 is 1.00 bits per heavy atom. The third-order valence-corrected chi connectivity index (χ3v) is 4.73. The van der Waals surface area contributed by atoms with Gasteiger partial charge < -0.3 is 19.6 Å². The molecule has 0 aliphatic heterocycles. The summed E-state index contributed by atoms with van der Waals surface area (Å²) in [4.78, 5) is 14.5. The second kappa shape index (κ2) is 12.9. The van der Waals surface area contributed by atoms with E-state index in [1.54, 1.807) is 20.4 Å². The zero-order valence-electron chi connectivity index (χ0n) is 20.1. The molecule has 6 heteroatoms. The van der Waals surface area contributed by atoms with Crippen LogP contribution in [0.5, 0.6) is 11.5 Å². The van der Waals surface area contributed by atoms with Gasteiger partial charge in [-0.15, -0.1) is 17.7 Å². The van der Waals surface area contributed by atoms with E-state index in [-0.39, 0.29) is 31.6 Å². The molecule has 0 spiro atoms. The first-order chi connectivity index (χ1) is 15.2. The summed E-state index contributed by atoms with van der Waals surface area (Å²) in [5.74, 6) is 1.49. The molecule has 1 heterocycles. The average Bonchev–Trinajstić information content (AvgIpc) is 2.72. The molecule has 0 atom stereocenters. The summed E-state index contributed by atoms with van der Waals surface area (Å²) < 4.78 is 10.8. The van der Waals surface area contributed by atoms with E-state index in [9.17, 15) is 4.79 Å². The van der Waals surface area contributed by atoms with Gasteiger partial charge >= 0.3 is 0 Å². The maximum atomic E-state index is 10.0. The van der Waals surface area contributed by atoms with Gasteiger partial charge in [0.25, 0.3) is 0 Å². The van der Waals surface area contributed by atoms with Gasteiger partial charge in [-0.1, -0.05) is 46.0 Å². The Morgan fingerprint density at radius 2 is 1.61 bits per heavy atom. The minimum atomic E-state index is -0.125. The molecule has 1 N–H and O–H groups in total. The molecule has 3 aromatic rings. The van der Waals surface area contributed by atoms with Gasteiger partial charge in [-0.05, 0) is 52.4 Å². The maximum absolute atomic E-state index is 10.0. The number of nitrogens with zero attached hydrogens (tertiary/aromatic N) is 1. The third kappa shape index (κ3) is 7.85. The Hall–Kier alpha value is -2.95. The van der Waals surface area contributed by atoms with Gasteiger partial charge in [0.05, 0.1) is 20.0 Å². The number of carbonyl (C=O) groups is 1. The van der Waals surface area contributed by atoms with E-state index in [0.29, 0.717) is 0 Å². The number of methoxy groups -OCH3 is 2. The van der Waals surface area contributed by atoms with Crippen LogP contribution < -0.4 is 9.47 Å². The van der Waals surface area contributed by atoms with Crippen LogP contribution >= 0.6 is 0 Å². The number of allylic oxidation sites excluding steroid dienone is 2. The van der Waals surface area contributed by atoms with Crippen LogP contribution in [0.1, 0.15) is 30.5 Å². The predicted octanol–water partition coefficient (Wildman–Crippen LogP) is 6.19. The van der Waals surface area contributed by atoms with Gasteiger partial charge in [-0.25, -0.2) is 0 Å². The first kappa shape index (κ1) is 28.1. The summed E-state index contributed by atoms with van der Waals surface area (Å²) in [5.41, 5.74) is 7.74. The molecule has 177 valence electrons. The zero-order valence-corrected chi connectivity index (χ0v) is 22.5. The van der Waals surface area contributed by atoms with E-state index in [1.807, 2.05) is 18.2 Å². The van der Waals surface area contributed by atoms with Crippen LogP contribution in [-0.4, -0.2) is 30.1 Å². The molecule has 5 nitrogen and oxygen atoms in total. The summed E-state index contributed by atoms with van der Waals surface area (Å²) in [6.45, 7) is 9.24. The molecule has 0 fully saturated rings. The molecule has 0 aliphatic carbocycles. The average molecular weight is 625 g/mol. The van der Waals surface area contributed by atoms with Gasteiger partial charge in [0.2, 0.25) is 0 Å². The smallest absolute Gasteiger partial charge is 0.155 e. The molecule has 0 bridgehead atoms. The number of aliphatic hydroxyl groups is 1. The number of aliphatic hydroxyl groups excluding tert-OH is 1. The monoisotopic (exact) mass is 625 g/mol. The SMILES string of the molecule is CC(=O)/C=C(/C)O.COc1ccnc(-c2[c-]cc(OC)cc2-c2c(C)cc(C)cc2C)c1.[Ir]. The molecule has 2 aromatic carbocycles. The van der Waals surface area contributed by atoms with E-state index >= 15 is 0 Å². The fourth-order valence-corrected chi connectivity index (χ4v) is 3.58. The zero-order chi connectivity index (χ0) is 23.8. The van der Waals surface area contributed by atoms with Crippen molar-refractivity contribution in [2.75, 3.05) is 14.2 Å². The molecule has 0 unspecified atom stereocenters. The van der Waals surface area contributed by atoms with E-state index in [4.69, 9.17) is 14.6 Å². The molecule has 1 aromatic heterocycles. The first-order valence-corrected chi connectivity index (χ1v) is 10.2. The van der Waals surface area contributed by atoms with E-state index in [1.165, 1.54) is 42.2 Å².